The van der Waals surface area contributed by atoms with Crippen molar-refractivity contribution in [3.8, 4) is 0 Å². The first-order valence-electron chi connectivity index (χ1n) is 5.59. The van der Waals surface area contributed by atoms with Crippen molar-refractivity contribution in [2.24, 2.45) is 0 Å². The maximum atomic E-state index is 12.0. The second-order valence-electron chi connectivity index (χ2n) is 3.94. The molecule has 6 heteroatoms. The number of rotatable bonds is 2. The van der Waals surface area contributed by atoms with Gasteiger partial charge in [-0.25, -0.2) is 0 Å². The predicted octanol–water partition coefficient (Wildman–Crippen LogP) is 2.01. The Kier molecular flexibility index (Phi) is 4.66. The summed E-state index contributed by atoms with van der Waals surface area (Å²) in [7, 11) is 0. The molecule has 1 atom stereocenters. The summed E-state index contributed by atoms with van der Waals surface area (Å²) in [6, 6.07) is 6.92. The molecular formula is C12H13BrN2O2S. The van der Waals surface area contributed by atoms with Crippen LogP contribution in [-0.2, 0) is 9.59 Å². The van der Waals surface area contributed by atoms with Gasteiger partial charge in [0.25, 0.3) is 0 Å². The van der Waals surface area contributed by atoms with Crippen LogP contribution in [0.5, 0.6) is 0 Å². The lowest BCUT2D eigenvalue weighted by molar-refractivity contribution is -0.125. The van der Waals surface area contributed by atoms with Crippen molar-refractivity contribution < 1.29 is 9.59 Å². The highest BCUT2D eigenvalue weighted by molar-refractivity contribution is 9.10. The second-order valence-corrected chi connectivity index (χ2v) is 6.01. The highest BCUT2D eigenvalue weighted by Crippen LogP contribution is 2.17. The molecule has 1 saturated heterocycles. The highest BCUT2D eigenvalue weighted by Gasteiger charge is 2.23. The Morgan fingerprint density at radius 1 is 1.50 bits per heavy atom. The summed E-state index contributed by atoms with van der Waals surface area (Å²) in [6.45, 7) is 0. The number of carbonyl (C=O) groups is 2. The zero-order valence-corrected chi connectivity index (χ0v) is 12.0. The standard InChI is InChI=1S/C12H13BrN2O2S/c13-8-2-1-3-9(6-8)14-12(17)10-7-18-5-4-11(16)15-10/h1-3,6,10H,4-5,7H2,(H,14,17)(H,15,16)/t10-/m1/s1. The van der Waals surface area contributed by atoms with Gasteiger partial charge in [-0.2, -0.15) is 11.8 Å². The first kappa shape index (κ1) is 13.4. The molecule has 0 unspecified atom stereocenters. The van der Waals surface area contributed by atoms with Crippen molar-refractivity contribution in [3.63, 3.8) is 0 Å². The molecule has 1 aliphatic heterocycles. The van der Waals surface area contributed by atoms with Crippen LogP contribution >= 0.6 is 27.7 Å². The largest absolute Gasteiger partial charge is 0.343 e. The Bertz CT molecular complexity index is 467. The van der Waals surface area contributed by atoms with Crippen LogP contribution in [0.1, 0.15) is 6.42 Å². The molecule has 1 aromatic carbocycles. The van der Waals surface area contributed by atoms with E-state index in [0.29, 0.717) is 12.2 Å². The lowest BCUT2D eigenvalue weighted by Gasteiger charge is -2.15. The molecule has 96 valence electrons. The number of benzene rings is 1. The summed E-state index contributed by atoms with van der Waals surface area (Å²) in [5, 5.41) is 5.53. The van der Waals surface area contributed by atoms with E-state index in [9.17, 15) is 9.59 Å². The van der Waals surface area contributed by atoms with Gasteiger partial charge in [0.1, 0.15) is 6.04 Å². The number of hydrogen-bond acceptors (Lipinski definition) is 3. The lowest BCUT2D eigenvalue weighted by atomic mass is 10.2. The molecule has 2 N–H and O–H groups in total. The average Bonchev–Trinajstić information content (AvgIpc) is 2.54. The van der Waals surface area contributed by atoms with Crippen LogP contribution in [0.2, 0.25) is 0 Å². The molecule has 1 fully saturated rings. The van der Waals surface area contributed by atoms with Gasteiger partial charge in [0, 0.05) is 28.1 Å². The van der Waals surface area contributed by atoms with E-state index < -0.39 is 6.04 Å². The molecule has 4 nitrogen and oxygen atoms in total. The molecule has 0 saturated carbocycles. The summed E-state index contributed by atoms with van der Waals surface area (Å²) in [6.07, 6.45) is 0.478. The van der Waals surface area contributed by atoms with Gasteiger partial charge in [-0.3, -0.25) is 9.59 Å². The van der Waals surface area contributed by atoms with Crippen molar-refractivity contribution in [2.45, 2.75) is 12.5 Å². The molecular weight excluding hydrogens is 316 g/mol. The zero-order chi connectivity index (χ0) is 13.0. The number of carbonyl (C=O) groups excluding carboxylic acids is 2. The third-order valence-electron chi connectivity index (χ3n) is 2.50. The van der Waals surface area contributed by atoms with E-state index in [0.717, 1.165) is 15.9 Å². The summed E-state index contributed by atoms with van der Waals surface area (Å²) >= 11 is 4.96. The number of thioether (sulfide) groups is 1. The van der Waals surface area contributed by atoms with Crippen molar-refractivity contribution in [1.29, 1.82) is 0 Å². The molecule has 0 aromatic heterocycles. The number of anilines is 1. The van der Waals surface area contributed by atoms with E-state index >= 15 is 0 Å². The molecule has 2 rings (SSSR count). The summed E-state index contributed by atoms with van der Waals surface area (Å²) < 4.78 is 0.902. The van der Waals surface area contributed by atoms with Gasteiger partial charge in [-0.15, -0.1) is 0 Å². The van der Waals surface area contributed by atoms with Gasteiger partial charge in [0.05, 0.1) is 0 Å². The Morgan fingerprint density at radius 2 is 2.33 bits per heavy atom. The Balaban J connectivity index is 2.00. The maximum Gasteiger partial charge on any atom is 0.247 e. The number of halogens is 1. The monoisotopic (exact) mass is 328 g/mol. The summed E-state index contributed by atoms with van der Waals surface area (Å²) in [5.74, 6) is 1.16. The average molecular weight is 329 g/mol. The first-order valence-corrected chi connectivity index (χ1v) is 7.53. The summed E-state index contributed by atoms with van der Waals surface area (Å²) in [4.78, 5) is 23.4. The third kappa shape index (κ3) is 3.74. The van der Waals surface area contributed by atoms with Crippen LogP contribution < -0.4 is 10.6 Å². The van der Waals surface area contributed by atoms with Gasteiger partial charge in [-0.05, 0) is 18.2 Å². The van der Waals surface area contributed by atoms with Gasteiger partial charge in [-0.1, -0.05) is 22.0 Å². The molecule has 0 aliphatic carbocycles. The fourth-order valence-corrected chi connectivity index (χ4v) is 2.98. The molecule has 0 bridgehead atoms. The van der Waals surface area contributed by atoms with Crippen LogP contribution in [0, 0.1) is 0 Å². The number of amides is 2. The molecule has 1 heterocycles. The summed E-state index contributed by atoms with van der Waals surface area (Å²) in [5.41, 5.74) is 0.720. The zero-order valence-electron chi connectivity index (χ0n) is 9.61. The topological polar surface area (TPSA) is 58.2 Å². The van der Waals surface area contributed by atoms with Crippen LogP contribution in [0.25, 0.3) is 0 Å². The normalized spacial score (nSPS) is 19.8. The highest BCUT2D eigenvalue weighted by atomic mass is 79.9. The minimum atomic E-state index is -0.455. The maximum absolute atomic E-state index is 12.0. The smallest absolute Gasteiger partial charge is 0.247 e. The lowest BCUT2D eigenvalue weighted by Crippen LogP contribution is -2.44. The van der Waals surface area contributed by atoms with Crippen LogP contribution in [0.15, 0.2) is 28.7 Å². The SMILES string of the molecule is O=C1CCSC[C@H](C(=O)Nc2cccc(Br)c2)N1. The van der Waals surface area contributed by atoms with E-state index in [4.69, 9.17) is 0 Å². The van der Waals surface area contributed by atoms with Crippen LogP contribution in [0.4, 0.5) is 5.69 Å². The quantitative estimate of drug-likeness (QED) is 0.873. The van der Waals surface area contributed by atoms with E-state index in [2.05, 4.69) is 26.6 Å². The van der Waals surface area contributed by atoms with Crippen LogP contribution in [-0.4, -0.2) is 29.4 Å². The molecule has 18 heavy (non-hydrogen) atoms. The number of hydrogen-bond donors (Lipinski definition) is 2. The molecule has 2 amide bonds. The van der Waals surface area contributed by atoms with Crippen molar-refractivity contribution in [2.75, 3.05) is 16.8 Å². The Morgan fingerprint density at radius 3 is 3.11 bits per heavy atom. The van der Waals surface area contributed by atoms with Crippen molar-refractivity contribution in [1.82, 2.24) is 5.32 Å². The van der Waals surface area contributed by atoms with E-state index in [1.165, 1.54) is 0 Å². The fraction of sp³-hybridized carbons (Fsp3) is 0.333. The molecule has 0 spiro atoms. The second kappa shape index (κ2) is 6.24. The van der Waals surface area contributed by atoms with Gasteiger partial charge < -0.3 is 10.6 Å². The molecule has 1 aromatic rings. The number of nitrogens with one attached hydrogen (secondary N) is 2. The minimum Gasteiger partial charge on any atom is -0.343 e. The third-order valence-corrected chi connectivity index (χ3v) is 4.06. The Labute approximate surface area is 118 Å². The van der Waals surface area contributed by atoms with Gasteiger partial charge >= 0.3 is 0 Å². The van der Waals surface area contributed by atoms with Crippen molar-refractivity contribution in [3.05, 3.63) is 28.7 Å². The van der Waals surface area contributed by atoms with E-state index in [-0.39, 0.29) is 11.8 Å². The Hall–Kier alpha value is -1.01. The molecule has 0 radical (unpaired) electrons. The first-order chi connectivity index (χ1) is 8.65. The minimum absolute atomic E-state index is 0.0607. The molecule has 1 aliphatic rings. The predicted molar refractivity (Wildman–Crippen MR) is 76.6 cm³/mol. The van der Waals surface area contributed by atoms with Gasteiger partial charge in [0.15, 0.2) is 0 Å². The fourth-order valence-electron chi connectivity index (χ4n) is 1.61. The van der Waals surface area contributed by atoms with Gasteiger partial charge in [0.2, 0.25) is 11.8 Å². The van der Waals surface area contributed by atoms with E-state index in [1.54, 1.807) is 11.8 Å². The van der Waals surface area contributed by atoms with Crippen LogP contribution in [0.3, 0.4) is 0 Å². The van der Waals surface area contributed by atoms with Crippen molar-refractivity contribution >= 4 is 45.2 Å². The van der Waals surface area contributed by atoms with E-state index in [1.807, 2.05) is 24.3 Å².